The molecule has 2 rings (SSSR count). The summed E-state index contributed by atoms with van der Waals surface area (Å²) in [6.45, 7) is 4.30. The minimum Gasteiger partial charge on any atom is -0.390 e. The van der Waals surface area contributed by atoms with Crippen LogP contribution in [0.5, 0.6) is 0 Å². The van der Waals surface area contributed by atoms with E-state index in [9.17, 15) is 5.11 Å². The molecule has 0 aromatic heterocycles. The molecule has 1 aromatic carbocycles. The molecule has 1 fully saturated rings. The van der Waals surface area contributed by atoms with Gasteiger partial charge in [0.15, 0.2) is 5.79 Å². The number of nitrogens with zero attached hydrogens (tertiary/aromatic N) is 3. The number of benzene rings is 1. The highest BCUT2D eigenvalue weighted by molar-refractivity contribution is 5.13. The fourth-order valence-corrected chi connectivity index (χ4v) is 2.27. The van der Waals surface area contributed by atoms with Crippen molar-refractivity contribution in [3.8, 4) is 0 Å². The van der Waals surface area contributed by atoms with Crippen molar-refractivity contribution >= 4 is 0 Å². The Morgan fingerprint density at radius 1 is 1.45 bits per heavy atom. The van der Waals surface area contributed by atoms with Crippen LogP contribution in [0.25, 0.3) is 10.4 Å². The number of aliphatic hydroxyl groups is 1. The van der Waals surface area contributed by atoms with Gasteiger partial charge in [-0.2, -0.15) is 0 Å². The van der Waals surface area contributed by atoms with Crippen molar-refractivity contribution < 1.29 is 19.3 Å². The SMILES string of the molecule is CC1(C)OC[C@H]([C@@H](O)[C@H](COCc2ccccc2)N=[N+]=[N-])O1. The summed E-state index contributed by atoms with van der Waals surface area (Å²) in [7, 11) is 0. The zero-order valence-electron chi connectivity index (χ0n) is 12.8. The summed E-state index contributed by atoms with van der Waals surface area (Å²) in [6, 6.07) is 8.92. The average Bonchev–Trinajstić information content (AvgIpc) is 2.87. The van der Waals surface area contributed by atoms with Crippen LogP contribution in [-0.2, 0) is 20.8 Å². The lowest BCUT2D eigenvalue weighted by Crippen LogP contribution is -2.41. The Morgan fingerprint density at radius 2 is 2.18 bits per heavy atom. The van der Waals surface area contributed by atoms with E-state index in [1.807, 2.05) is 30.3 Å². The van der Waals surface area contributed by atoms with Gasteiger partial charge in [-0.05, 0) is 24.9 Å². The first-order valence-electron chi connectivity index (χ1n) is 7.17. The van der Waals surface area contributed by atoms with E-state index in [4.69, 9.17) is 19.7 Å². The minimum atomic E-state index is -0.978. The molecule has 1 saturated heterocycles. The molecular weight excluding hydrogens is 286 g/mol. The normalized spacial score (nSPS) is 22.8. The molecule has 1 N–H and O–H groups in total. The molecule has 1 aliphatic heterocycles. The number of aliphatic hydroxyl groups excluding tert-OH is 1. The molecule has 1 aliphatic rings. The zero-order chi connectivity index (χ0) is 16.0. The van der Waals surface area contributed by atoms with E-state index in [-0.39, 0.29) is 13.2 Å². The van der Waals surface area contributed by atoms with Crippen LogP contribution in [0, 0.1) is 0 Å². The Hall–Kier alpha value is -1.63. The van der Waals surface area contributed by atoms with Crippen LogP contribution in [0.15, 0.2) is 35.4 Å². The summed E-state index contributed by atoms with van der Waals surface area (Å²) >= 11 is 0. The van der Waals surface area contributed by atoms with Crippen LogP contribution in [0.3, 0.4) is 0 Å². The molecule has 22 heavy (non-hydrogen) atoms. The van der Waals surface area contributed by atoms with Crippen molar-refractivity contribution in [1.29, 1.82) is 0 Å². The lowest BCUT2D eigenvalue weighted by molar-refractivity contribution is -0.153. The molecule has 7 heteroatoms. The lowest BCUT2D eigenvalue weighted by Gasteiger charge is -2.24. The molecule has 0 amide bonds. The maximum absolute atomic E-state index is 10.3. The maximum Gasteiger partial charge on any atom is 0.163 e. The Labute approximate surface area is 129 Å². The monoisotopic (exact) mass is 307 g/mol. The van der Waals surface area contributed by atoms with E-state index in [2.05, 4.69) is 10.0 Å². The maximum atomic E-state index is 10.3. The smallest absolute Gasteiger partial charge is 0.163 e. The second kappa shape index (κ2) is 7.58. The highest BCUT2D eigenvalue weighted by Gasteiger charge is 2.39. The number of hydrogen-bond donors (Lipinski definition) is 1. The average molecular weight is 307 g/mol. The molecule has 3 atom stereocenters. The van der Waals surface area contributed by atoms with Crippen LogP contribution >= 0.6 is 0 Å². The Kier molecular flexibility index (Phi) is 5.76. The van der Waals surface area contributed by atoms with E-state index in [1.165, 1.54) is 0 Å². The first-order chi connectivity index (χ1) is 10.5. The van der Waals surface area contributed by atoms with E-state index in [1.54, 1.807) is 13.8 Å². The molecule has 1 heterocycles. The molecule has 0 spiro atoms. The fourth-order valence-electron chi connectivity index (χ4n) is 2.27. The lowest BCUT2D eigenvalue weighted by atomic mass is 10.1. The van der Waals surface area contributed by atoms with Gasteiger partial charge in [-0.3, -0.25) is 0 Å². The van der Waals surface area contributed by atoms with Crippen molar-refractivity contribution in [3.05, 3.63) is 46.3 Å². The summed E-state index contributed by atoms with van der Waals surface area (Å²) in [5, 5.41) is 13.9. The molecule has 7 nitrogen and oxygen atoms in total. The van der Waals surface area contributed by atoms with Gasteiger partial charge in [0.05, 0.1) is 32.0 Å². The number of hydrogen-bond acceptors (Lipinski definition) is 5. The second-order valence-corrected chi connectivity index (χ2v) is 5.63. The third-order valence-electron chi connectivity index (χ3n) is 3.41. The fraction of sp³-hybridized carbons (Fsp3) is 0.600. The molecule has 0 saturated carbocycles. The molecule has 0 unspecified atom stereocenters. The highest BCUT2D eigenvalue weighted by atomic mass is 16.7. The van der Waals surface area contributed by atoms with Crippen LogP contribution in [0.4, 0.5) is 0 Å². The minimum absolute atomic E-state index is 0.112. The third kappa shape index (κ3) is 4.69. The largest absolute Gasteiger partial charge is 0.390 e. The summed E-state index contributed by atoms with van der Waals surface area (Å²) in [4.78, 5) is 2.78. The molecule has 0 radical (unpaired) electrons. The predicted molar refractivity (Wildman–Crippen MR) is 79.9 cm³/mol. The number of ether oxygens (including phenoxy) is 3. The third-order valence-corrected chi connectivity index (χ3v) is 3.41. The standard InChI is InChI=1S/C15H21N3O4/c1-15(2)21-10-13(22-15)14(19)12(17-18-16)9-20-8-11-6-4-3-5-7-11/h3-7,12-14,19H,8-10H2,1-2H3/t12-,13+,14-/m0/s1. The summed E-state index contributed by atoms with van der Waals surface area (Å²) in [5.41, 5.74) is 9.68. The molecular formula is C15H21N3O4. The van der Waals surface area contributed by atoms with Crippen molar-refractivity contribution in [2.75, 3.05) is 13.2 Å². The highest BCUT2D eigenvalue weighted by Crippen LogP contribution is 2.26. The van der Waals surface area contributed by atoms with Gasteiger partial charge in [0.1, 0.15) is 6.10 Å². The van der Waals surface area contributed by atoms with Crippen LogP contribution < -0.4 is 0 Å². The van der Waals surface area contributed by atoms with E-state index in [0.717, 1.165) is 5.56 Å². The first-order valence-corrected chi connectivity index (χ1v) is 7.17. The quantitative estimate of drug-likeness (QED) is 0.475. The van der Waals surface area contributed by atoms with Crippen molar-refractivity contribution in [1.82, 2.24) is 0 Å². The van der Waals surface area contributed by atoms with Gasteiger partial charge in [0, 0.05) is 4.91 Å². The Morgan fingerprint density at radius 3 is 2.77 bits per heavy atom. The Bertz CT molecular complexity index is 517. The van der Waals surface area contributed by atoms with Gasteiger partial charge in [-0.1, -0.05) is 35.4 Å². The van der Waals surface area contributed by atoms with E-state index in [0.29, 0.717) is 6.61 Å². The van der Waals surface area contributed by atoms with Crippen LogP contribution in [0.2, 0.25) is 0 Å². The number of rotatable bonds is 7. The van der Waals surface area contributed by atoms with Crippen molar-refractivity contribution in [2.45, 2.75) is 44.5 Å². The topological polar surface area (TPSA) is 96.7 Å². The summed E-state index contributed by atoms with van der Waals surface area (Å²) in [5.74, 6) is -0.739. The van der Waals surface area contributed by atoms with Gasteiger partial charge in [-0.15, -0.1) is 0 Å². The van der Waals surface area contributed by atoms with Gasteiger partial charge in [0.25, 0.3) is 0 Å². The summed E-state index contributed by atoms with van der Waals surface area (Å²) in [6.07, 6.45) is -1.51. The number of azide groups is 1. The summed E-state index contributed by atoms with van der Waals surface area (Å²) < 4.78 is 16.6. The van der Waals surface area contributed by atoms with Crippen LogP contribution in [0.1, 0.15) is 19.4 Å². The van der Waals surface area contributed by atoms with Gasteiger partial charge in [-0.25, -0.2) is 0 Å². The van der Waals surface area contributed by atoms with Crippen molar-refractivity contribution in [3.63, 3.8) is 0 Å². The van der Waals surface area contributed by atoms with Gasteiger partial charge < -0.3 is 19.3 Å². The Balaban J connectivity index is 1.88. The zero-order valence-corrected chi connectivity index (χ0v) is 12.8. The van der Waals surface area contributed by atoms with Crippen LogP contribution in [-0.4, -0.2) is 42.4 Å². The van der Waals surface area contributed by atoms with E-state index < -0.39 is 24.0 Å². The second-order valence-electron chi connectivity index (χ2n) is 5.63. The molecule has 120 valence electrons. The molecule has 1 aromatic rings. The predicted octanol–water partition coefficient (Wildman–Crippen LogP) is 2.39. The van der Waals surface area contributed by atoms with Crippen molar-refractivity contribution in [2.24, 2.45) is 5.11 Å². The van der Waals surface area contributed by atoms with E-state index >= 15 is 0 Å². The molecule has 0 aliphatic carbocycles. The molecule has 0 bridgehead atoms. The van der Waals surface area contributed by atoms with Gasteiger partial charge in [0.2, 0.25) is 0 Å². The first kappa shape index (κ1) is 16.7. The van der Waals surface area contributed by atoms with Gasteiger partial charge >= 0.3 is 0 Å².